The first kappa shape index (κ1) is 16.6. The van der Waals surface area contributed by atoms with E-state index >= 15 is 0 Å². The number of hydrogen-bond donors (Lipinski definition) is 2. The number of nitrogens with one attached hydrogen (secondary N) is 2. The minimum atomic E-state index is -0.806. The predicted molar refractivity (Wildman–Crippen MR) is 92.0 cm³/mol. The smallest absolute Gasteiger partial charge is 0.275 e. The summed E-state index contributed by atoms with van der Waals surface area (Å²) >= 11 is 7.35. The van der Waals surface area contributed by atoms with Gasteiger partial charge in [0, 0.05) is 5.02 Å². The van der Waals surface area contributed by atoms with E-state index in [4.69, 9.17) is 11.6 Å². The van der Waals surface area contributed by atoms with Crippen LogP contribution in [0.25, 0.3) is 0 Å². The zero-order valence-electron chi connectivity index (χ0n) is 12.7. The molecule has 2 heterocycles. The lowest BCUT2D eigenvalue weighted by molar-refractivity contribution is -0.121. The summed E-state index contributed by atoms with van der Waals surface area (Å²) in [4.78, 5) is 38.3. The van der Waals surface area contributed by atoms with Crippen LogP contribution in [0.2, 0.25) is 5.02 Å². The average Bonchev–Trinajstić information content (AvgIpc) is 3.17. The lowest BCUT2D eigenvalue weighted by Crippen LogP contribution is -2.48. The van der Waals surface area contributed by atoms with Crippen LogP contribution >= 0.6 is 22.9 Å². The summed E-state index contributed by atoms with van der Waals surface area (Å²) < 4.78 is 0. The second-order valence-electron chi connectivity index (χ2n) is 5.28. The topological polar surface area (TPSA) is 78.5 Å². The Labute approximate surface area is 147 Å². The van der Waals surface area contributed by atoms with Crippen molar-refractivity contribution >= 4 is 46.3 Å². The summed E-state index contributed by atoms with van der Waals surface area (Å²) in [6, 6.07) is 7.68. The number of carbonyl (C=O) groups is 3. The number of carbonyl (C=O) groups excluding carboxylic acids is 3. The van der Waals surface area contributed by atoms with Crippen molar-refractivity contribution < 1.29 is 14.4 Å². The van der Waals surface area contributed by atoms with Crippen molar-refractivity contribution in [2.45, 2.75) is 19.4 Å². The summed E-state index contributed by atoms with van der Waals surface area (Å²) in [6.07, 6.45) is -0.0322. The van der Waals surface area contributed by atoms with Gasteiger partial charge in [0.25, 0.3) is 11.8 Å². The molecule has 1 aliphatic rings. The fraction of sp³-hybridized carbons (Fsp3) is 0.188. The van der Waals surface area contributed by atoms with Gasteiger partial charge in [-0.15, -0.1) is 11.3 Å². The Balaban J connectivity index is 1.72. The number of imide groups is 1. The highest BCUT2D eigenvalue weighted by molar-refractivity contribution is 7.12. The number of hydrogen-bond acceptors (Lipinski definition) is 5. The molecule has 3 rings (SSSR count). The summed E-state index contributed by atoms with van der Waals surface area (Å²) in [7, 11) is 0. The Hall–Kier alpha value is -2.22. The Bertz CT molecular complexity index is 807. The molecule has 1 aromatic heterocycles. The molecule has 3 amide bonds. The van der Waals surface area contributed by atoms with E-state index in [1.54, 1.807) is 42.6 Å². The van der Waals surface area contributed by atoms with E-state index in [-0.39, 0.29) is 18.2 Å². The van der Waals surface area contributed by atoms with Crippen LogP contribution in [0.15, 0.2) is 35.7 Å². The molecular weight excluding hydrogens is 350 g/mol. The maximum absolute atomic E-state index is 12.5. The van der Waals surface area contributed by atoms with Gasteiger partial charge >= 0.3 is 0 Å². The fourth-order valence-corrected chi connectivity index (χ4v) is 3.25. The van der Waals surface area contributed by atoms with E-state index in [0.717, 1.165) is 4.90 Å². The van der Waals surface area contributed by atoms with Crippen molar-refractivity contribution in [1.29, 1.82) is 0 Å². The first-order valence-corrected chi connectivity index (χ1v) is 8.46. The first-order chi connectivity index (χ1) is 11.5. The number of amides is 3. The minimum Gasteiger partial charge on any atom is -0.286 e. The number of benzene rings is 1. The molecule has 2 N–H and O–H groups in total. The molecular formula is C16H14ClN3O3S. The molecule has 0 bridgehead atoms. The minimum absolute atomic E-state index is 0.0322. The Kier molecular flexibility index (Phi) is 4.66. The molecule has 124 valence electrons. The lowest BCUT2D eigenvalue weighted by Gasteiger charge is -2.18. The fourth-order valence-electron chi connectivity index (χ4n) is 2.46. The van der Waals surface area contributed by atoms with Crippen molar-refractivity contribution in [3.63, 3.8) is 0 Å². The molecule has 6 nitrogen and oxygen atoms in total. The standard InChI is InChI=1S/C16H14ClN3O3S/c1-9-10(17)4-2-5-12(9)20-14(21)8-11(16(20)23)18-19-15(22)13-6-3-7-24-13/h2-7,11,18H,8H2,1H3,(H,19,22). The van der Waals surface area contributed by atoms with Gasteiger partial charge in [0.05, 0.1) is 17.0 Å². The van der Waals surface area contributed by atoms with Crippen molar-refractivity contribution in [3.05, 3.63) is 51.2 Å². The Morgan fingerprint density at radius 1 is 1.29 bits per heavy atom. The molecule has 1 unspecified atom stereocenters. The third-order valence-electron chi connectivity index (χ3n) is 3.73. The Morgan fingerprint density at radius 3 is 2.79 bits per heavy atom. The van der Waals surface area contributed by atoms with Gasteiger partial charge in [0.1, 0.15) is 6.04 Å². The summed E-state index contributed by atoms with van der Waals surface area (Å²) in [5.74, 6) is -1.10. The van der Waals surface area contributed by atoms with Crippen LogP contribution in [-0.4, -0.2) is 23.8 Å². The third kappa shape index (κ3) is 3.06. The van der Waals surface area contributed by atoms with Gasteiger partial charge in [0.2, 0.25) is 5.91 Å². The third-order valence-corrected chi connectivity index (χ3v) is 5.01. The predicted octanol–water partition coefficient (Wildman–Crippen LogP) is 2.28. The molecule has 0 radical (unpaired) electrons. The van der Waals surface area contributed by atoms with Crippen LogP contribution in [-0.2, 0) is 9.59 Å². The molecule has 1 aromatic carbocycles. The van der Waals surface area contributed by atoms with E-state index in [9.17, 15) is 14.4 Å². The normalized spacial score (nSPS) is 17.4. The van der Waals surface area contributed by atoms with E-state index in [1.165, 1.54) is 11.3 Å². The van der Waals surface area contributed by atoms with Crippen LogP contribution < -0.4 is 15.8 Å². The zero-order chi connectivity index (χ0) is 17.3. The summed E-state index contributed by atoms with van der Waals surface area (Å²) in [6.45, 7) is 1.75. The highest BCUT2D eigenvalue weighted by atomic mass is 35.5. The lowest BCUT2D eigenvalue weighted by atomic mass is 10.2. The van der Waals surface area contributed by atoms with Crippen molar-refractivity contribution in [1.82, 2.24) is 10.9 Å². The van der Waals surface area contributed by atoms with Gasteiger partial charge in [-0.1, -0.05) is 23.7 Å². The summed E-state index contributed by atoms with van der Waals surface area (Å²) in [5.41, 5.74) is 6.24. The first-order valence-electron chi connectivity index (χ1n) is 7.20. The van der Waals surface area contributed by atoms with Crippen LogP contribution in [0.3, 0.4) is 0 Å². The van der Waals surface area contributed by atoms with Crippen molar-refractivity contribution in [3.8, 4) is 0 Å². The largest absolute Gasteiger partial charge is 0.286 e. The quantitative estimate of drug-likeness (QED) is 0.645. The number of thiophene rings is 1. The number of hydrazine groups is 1. The molecule has 24 heavy (non-hydrogen) atoms. The van der Waals surface area contributed by atoms with Gasteiger partial charge in [-0.2, -0.15) is 0 Å². The van der Waals surface area contributed by atoms with Crippen LogP contribution in [0.1, 0.15) is 21.7 Å². The van der Waals surface area contributed by atoms with Gasteiger partial charge in [-0.3, -0.25) is 19.8 Å². The molecule has 2 aromatic rings. The van der Waals surface area contributed by atoms with E-state index in [1.807, 2.05) is 0 Å². The van der Waals surface area contributed by atoms with Crippen LogP contribution in [0, 0.1) is 6.92 Å². The zero-order valence-corrected chi connectivity index (χ0v) is 14.3. The average molecular weight is 364 g/mol. The van der Waals surface area contributed by atoms with Crippen molar-refractivity contribution in [2.75, 3.05) is 4.90 Å². The molecule has 8 heteroatoms. The summed E-state index contributed by atoms with van der Waals surface area (Å²) in [5, 5.41) is 2.26. The molecule has 0 spiro atoms. The molecule has 1 aliphatic heterocycles. The maximum atomic E-state index is 12.5. The number of nitrogens with zero attached hydrogens (tertiary/aromatic N) is 1. The number of rotatable bonds is 4. The highest BCUT2D eigenvalue weighted by Crippen LogP contribution is 2.30. The van der Waals surface area contributed by atoms with E-state index in [2.05, 4.69) is 10.9 Å². The number of halogens is 1. The molecule has 0 saturated carbocycles. The molecule has 1 saturated heterocycles. The molecule has 1 fully saturated rings. The highest BCUT2D eigenvalue weighted by Gasteiger charge is 2.40. The molecule has 0 aliphatic carbocycles. The van der Waals surface area contributed by atoms with E-state index < -0.39 is 11.9 Å². The monoisotopic (exact) mass is 363 g/mol. The van der Waals surface area contributed by atoms with Crippen molar-refractivity contribution in [2.24, 2.45) is 0 Å². The molecule has 1 atom stereocenters. The number of anilines is 1. The second kappa shape index (κ2) is 6.72. The van der Waals surface area contributed by atoms with E-state index in [0.29, 0.717) is 21.2 Å². The maximum Gasteiger partial charge on any atom is 0.275 e. The second-order valence-corrected chi connectivity index (χ2v) is 6.64. The SMILES string of the molecule is Cc1c(Cl)cccc1N1C(=O)CC(NNC(=O)c2cccs2)C1=O. The van der Waals surface area contributed by atoms with Gasteiger partial charge in [-0.05, 0) is 36.1 Å². The van der Waals surface area contributed by atoms with Gasteiger partial charge in [0.15, 0.2) is 0 Å². The van der Waals surface area contributed by atoms with Gasteiger partial charge in [-0.25, -0.2) is 10.3 Å². The Morgan fingerprint density at radius 2 is 2.08 bits per heavy atom. The van der Waals surface area contributed by atoms with Crippen LogP contribution in [0.5, 0.6) is 0 Å². The van der Waals surface area contributed by atoms with Crippen LogP contribution in [0.4, 0.5) is 5.69 Å². The van der Waals surface area contributed by atoms with Gasteiger partial charge < -0.3 is 0 Å².